The maximum Gasteiger partial charge on any atom is 0.189 e. The third-order valence-corrected chi connectivity index (χ3v) is 3.81. The summed E-state index contributed by atoms with van der Waals surface area (Å²) in [5.41, 5.74) is 0. The molecule has 0 aliphatic rings. The zero-order chi connectivity index (χ0) is 16.8. The van der Waals surface area contributed by atoms with Crippen molar-refractivity contribution in [1.29, 1.82) is 0 Å². The van der Waals surface area contributed by atoms with E-state index in [-0.39, 0.29) is 13.6 Å². The number of hydrogen-bond donors (Lipinski definition) is 0. The van der Waals surface area contributed by atoms with Crippen LogP contribution in [0.3, 0.4) is 0 Å². The molecule has 24 heavy (non-hydrogen) atoms. The van der Waals surface area contributed by atoms with E-state index < -0.39 is 0 Å². The minimum atomic E-state index is 0.226. The number of hydrogen-bond acceptors (Lipinski definition) is 4. The second kappa shape index (κ2) is 7.99. The third kappa shape index (κ3) is 3.30. The highest BCUT2D eigenvalue weighted by molar-refractivity contribution is 6.11. The molecule has 0 unspecified atom stereocenters. The van der Waals surface area contributed by atoms with Gasteiger partial charge in [0.1, 0.15) is 11.5 Å². The van der Waals surface area contributed by atoms with Crippen molar-refractivity contribution in [2.24, 2.45) is 0 Å². The fraction of sp³-hybridized carbons (Fsp3) is 0.300. The topological polar surface area (TPSA) is 36.9 Å². The van der Waals surface area contributed by atoms with Crippen molar-refractivity contribution in [3.05, 3.63) is 48.5 Å². The molecule has 4 heteroatoms. The second-order valence-electron chi connectivity index (χ2n) is 5.26. The SMILES string of the molecule is CCOCOc1c2ccccc2c(OCOCC)c2ccccc12. The molecule has 0 fully saturated rings. The molecule has 0 radical (unpaired) electrons. The molecule has 3 aromatic carbocycles. The van der Waals surface area contributed by atoms with Crippen LogP contribution in [0, 0.1) is 0 Å². The summed E-state index contributed by atoms with van der Waals surface area (Å²) in [6, 6.07) is 16.1. The van der Waals surface area contributed by atoms with Gasteiger partial charge in [-0.15, -0.1) is 0 Å². The lowest BCUT2D eigenvalue weighted by molar-refractivity contribution is 0.0227. The van der Waals surface area contributed by atoms with Crippen molar-refractivity contribution in [1.82, 2.24) is 0 Å². The summed E-state index contributed by atoms with van der Waals surface area (Å²) in [5.74, 6) is 1.64. The standard InChI is InChI=1S/C20H22O4/c1-3-21-13-23-19-15-9-5-7-11-17(15)20(24-14-22-4-2)18-12-8-6-10-16(18)19/h5-12H,3-4,13-14H2,1-2H3. The molecule has 3 rings (SSSR count). The maximum absolute atomic E-state index is 5.94. The lowest BCUT2D eigenvalue weighted by Gasteiger charge is -2.17. The number of ether oxygens (including phenoxy) is 4. The maximum atomic E-state index is 5.94. The smallest absolute Gasteiger partial charge is 0.189 e. The van der Waals surface area contributed by atoms with Crippen LogP contribution >= 0.6 is 0 Å². The first-order chi connectivity index (χ1) is 11.9. The first-order valence-corrected chi connectivity index (χ1v) is 8.21. The Morgan fingerprint density at radius 2 is 0.917 bits per heavy atom. The zero-order valence-corrected chi connectivity index (χ0v) is 14.1. The van der Waals surface area contributed by atoms with Gasteiger partial charge in [-0.2, -0.15) is 0 Å². The van der Waals surface area contributed by atoms with Gasteiger partial charge >= 0.3 is 0 Å². The van der Waals surface area contributed by atoms with E-state index in [1.165, 1.54) is 0 Å². The van der Waals surface area contributed by atoms with E-state index in [9.17, 15) is 0 Å². The average molecular weight is 326 g/mol. The Morgan fingerprint density at radius 3 is 1.21 bits per heavy atom. The molecular formula is C20H22O4. The molecule has 0 amide bonds. The summed E-state index contributed by atoms with van der Waals surface area (Å²) in [5, 5.41) is 4.01. The van der Waals surface area contributed by atoms with Crippen molar-refractivity contribution in [3.63, 3.8) is 0 Å². The molecule has 0 N–H and O–H groups in total. The molecule has 0 aromatic heterocycles. The average Bonchev–Trinajstić information content (AvgIpc) is 2.63. The van der Waals surface area contributed by atoms with Gasteiger partial charge in [0.15, 0.2) is 13.6 Å². The van der Waals surface area contributed by atoms with Crippen LogP contribution in [0.1, 0.15) is 13.8 Å². The second-order valence-corrected chi connectivity index (χ2v) is 5.26. The lowest BCUT2D eigenvalue weighted by atomic mass is 10.0. The molecule has 0 saturated carbocycles. The van der Waals surface area contributed by atoms with Crippen LogP contribution in [0.25, 0.3) is 21.5 Å². The molecule has 0 aliphatic carbocycles. The Kier molecular flexibility index (Phi) is 5.51. The summed E-state index contributed by atoms with van der Waals surface area (Å²) < 4.78 is 22.6. The monoisotopic (exact) mass is 326 g/mol. The van der Waals surface area contributed by atoms with Crippen molar-refractivity contribution in [3.8, 4) is 11.5 Å². The van der Waals surface area contributed by atoms with Crippen LogP contribution in [-0.4, -0.2) is 26.8 Å². The van der Waals surface area contributed by atoms with E-state index in [0.717, 1.165) is 33.0 Å². The fourth-order valence-corrected chi connectivity index (χ4v) is 2.73. The van der Waals surface area contributed by atoms with Gasteiger partial charge in [0.05, 0.1) is 0 Å². The van der Waals surface area contributed by atoms with Crippen LogP contribution in [0.4, 0.5) is 0 Å². The molecule has 0 saturated heterocycles. The predicted molar refractivity (Wildman–Crippen MR) is 95.7 cm³/mol. The molecule has 0 spiro atoms. The Hall–Kier alpha value is -2.30. The Labute approximate surface area is 141 Å². The number of fused-ring (bicyclic) bond motifs is 2. The van der Waals surface area contributed by atoms with Gasteiger partial charge in [-0.05, 0) is 13.8 Å². The van der Waals surface area contributed by atoms with Crippen LogP contribution < -0.4 is 9.47 Å². The van der Waals surface area contributed by atoms with Crippen molar-refractivity contribution < 1.29 is 18.9 Å². The molecule has 3 aromatic rings. The minimum absolute atomic E-state index is 0.226. The zero-order valence-electron chi connectivity index (χ0n) is 14.1. The van der Waals surface area contributed by atoms with Crippen molar-refractivity contribution in [2.75, 3.05) is 26.8 Å². The van der Waals surface area contributed by atoms with E-state index in [2.05, 4.69) is 0 Å². The first-order valence-electron chi connectivity index (χ1n) is 8.21. The van der Waals surface area contributed by atoms with Gasteiger partial charge in [-0.25, -0.2) is 0 Å². The molecule has 0 heterocycles. The third-order valence-electron chi connectivity index (χ3n) is 3.81. The molecular weight excluding hydrogens is 304 g/mol. The van der Waals surface area contributed by atoms with Gasteiger partial charge in [-0.1, -0.05) is 48.5 Å². The Balaban J connectivity index is 2.17. The molecule has 0 aliphatic heterocycles. The highest BCUT2D eigenvalue weighted by Gasteiger charge is 2.15. The van der Waals surface area contributed by atoms with E-state index >= 15 is 0 Å². The van der Waals surface area contributed by atoms with Crippen LogP contribution in [0.15, 0.2) is 48.5 Å². The van der Waals surface area contributed by atoms with Crippen molar-refractivity contribution in [2.45, 2.75) is 13.8 Å². The van der Waals surface area contributed by atoms with E-state index in [1.807, 2.05) is 62.4 Å². The van der Waals surface area contributed by atoms with Crippen LogP contribution in [-0.2, 0) is 9.47 Å². The first kappa shape index (κ1) is 16.6. The molecule has 0 atom stereocenters. The van der Waals surface area contributed by atoms with Gasteiger partial charge in [0.2, 0.25) is 0 Å². The van der Waals surface area contributed by atoms with E-state index in [0.29, 0.717) is 13.2 Å². The summed E-state index contributed by atoms with van der Waals surface area (Å²) in [6.07, 6.45) is 0. The summed E-state index contributed by atoms with van der Waals surface area (Å²) in [7, 11) is 0. The summed E-state index contributed by atoms with van der Waals surface area (Å²) in [4.78, 5) is 0. The van der Waals surface area contributed by atoms with Gasteiger partial charge in [0.25, 0.3) is 0 Å². The highest BCUT2D eigenvalue weighted by atomic mass is 16.7. The summed E-state index contributed by atoms with van der Waals surface area (Å²) >= 11 is 0. The minimum Gasteiger partial charge on any atom is -0.466 e. The Bertz CT molecular complexity index is 688. The quantitative estimate of drug-likeness (QED) is 0.340. The van der Waals surface area contributed by atoms with Gasteiger partial charge in [0, 0.05) is 34.8 Å². The molecule has 126 valence electrons. The lowest BCUT2D eigenvalue weighted by Crippen LogP contribution is -2.05. The summed E-state index contributed by atoms with van der Waals surface area (Å²) in [6.45, 7) is 5.58. The highest BCUT2D eigenvalue weighted by Crippen LogP contribution is 2.42. The predicted octanol–water partition coefficient (Wildman–Crippen LogP) is 4.74. The van der Waals surface area contributed by atoms with Crippen LogP contribution in [0.2, 0.25) is 0 Å². The number of benzene rings is 3. The van der Waals surface area contributed by atoms with E-state index in [4.69, 9.17) is 18.9 Å². The van der Waals surface area contributed by atoms with Crippen molar-refractivity contribution >= 4 is 21.5 Å². The van der Waals surface area contributed by atoms with Gasteiger partial charge in [-0.3, -0.25) is 0 Å². The van der Waals surface area contributed by atoms with Gasteiger partial charge < -0.3 is 18.9 Å². The van der Waals surface area contributed by atoms with E-state index in [1.54, 1.807) is 0 Å². The molecule has 4 nitrogen and oxygen atoms in total. The normalized spacial score (nSPS) is 11.1. The fourth-order valence-electron chi connectivity index (χ4n) is 2.73. The Morgan fingerprint density at radius 1 is 0.583 bits per heavy atom. The molecule has 0 bridgehead atoms. The largest absolute Gasteiger partial charge is 0.466 e. The van der Waals surface area contributed by atoms with Crippen LogP contribution in [0.5, 0.6) is 11.5 Å². The number of rotatable bonds is 8.